The molecule has 98 valence electrons. The van der Waals surface area contributed by atoms with E-state index >= 15 is 0 Å². The van der Waals surface area contributed by atoms with Crippen molar-refractivity contribution in [2.24, 2.45) is 17.8 Å². The van der Waals surface area contributed by atoms with Crippen LogP contribution < -0.4 is 5.56 Å². The minimum absolute atomic E-state index is 0.0728. The van der Waals surface area contributed by atoms with Gasteiger partial charge in [0.2, 0.25) is 0 Å². The Morgan fingerprint density at radius 3 is 2.78 bits per heavy atom. The van der Waals surface area contributed by atoms with Crippen molar-refractivity contribution in [3.05, 3.63) is 40.8 Å². The lowest BCUT2D eigenvalue weighted by molar-refractivity contribution is 0.207. The average molecular weight is 247 g/mol. The first-order valence-corrected chi connectivity index (χ1v) is 6.57. The van der Waals surface area contributed by atoms with Crippen molar-refractivity contribution in [2.45, 2.75) is 32.6 Å². The van der Waals surface area contributed by atoms with E-state index in [4.69, 9.17) is 0 Å². The van der Waals surface area contributed by atoms with Gasteiger partial charge in [-0.05, 0) is 36.7 Å². The molecule has 0 saturated heterocycles. The zero-order valence-corrected chi connectivity index (χ0v) is 11.0. The van der Waals surface area contributed by atoms with Crippen LogP contribution >= 0.6 is 0 Å². The molecule has 0 amide bonds. The van der Waals surface area contributed by atoms with E-state index in [0.717, 1.165) is 12.8 Å². The number of nitrogens with one attached hydrogen (secondary N) is 1. The second-order valence-electron chi connectivity index (χ2n) is 5.58. The number of rotatable bonds is 2. The number of hydrogen-bond acceptors (Lipinski definition) is 2. The van der Waals surface area contributed by atoms with Gasteiger partial charge in [-0.15, -0.1) is 6.58 Å². The molecule has 3 nitrogen and oxygen atoms in total. The number of aromatic amines is 1. The molecule has 1 aliphatic rings. The number of aromatic hydroxyl groups is 1. The normalized spacial score (nSPS) is 32.1. The lowest BCUT2D eigenvalue weighted by Crippen LogP contribution is -2.31. The molecule has 1 aliphatic carbocycles. The van der Waals surface area contributed by atoms with Crippen LogP contribution in [-0.4, -0.2) is 10.1 Å². The van der Waals surface area contributed by atoms with Crippen LogP contribution in [0.25, 0.3) is 0 Å². The quantitative estimate of drug-likeness (QED) is 0.789. The van der Waals surface area contributed by atoms with E-state index in [1.54, 1.807) is 6.07 Å². The van der Waals surface area contributed by atoms with Crippen molar-refractivity contribution < 1.29 is 5.11 Å². The molecule has 3 heteroatoms. The maximum Gasteiger partial charge on any atom is 0.255 e. The predicted molar refractivity (Wildman–Crippen MR) is 72.7 cm³/mol. The van der Waals surface area contributed by atoms with Gasteiger partial charge >= 0.3 is 0 Å². The van der Waals surface area contributed by atoms with Crippen LogP contribution in [0.2, 0.25) is 0 Å². The van der Waals surface area contributed by atoms with E-state index in [0.29, 0.717) is 17.4 Å². The molecule has 0 spiro atoms. The predicted octanol–water partition coefficient (Wildman–Crippen LogP) is 3.03. The van der Waals surface area contributed by atoms with Gasteiger partial charge in [-0.3, -0.25) is 4.79 Å². The van der Waals surface area contributed by atoms with Gasteiger partial charge in [0.1, 0.15) is 5.75 Å². The van der Waals surface area contributed by atoms with E-state index in [1.807, 2.05) is 6.08 Å². The Hall–Kier alpha value is -1.51. The molecule has 1 saturated carbocycles. The number of hydrogen-bond donors (Lipinski definition) is 2. The molecule has 0 aromatic carbocycles. The zero-order valence-electron chi connectivity index (χ0n) is 11.0. The van der Waals surface area contributed by atoms with Crippen molar-refractivity contribution in [1.82, 2.24) is 4.98 Å². The fourth-order valence-electron chi connectivity index (χ4n) is 3.45. The monoisotopic (exact) mass is 247 g/mol. The van der Waals surface area contributed by atoms with Crippen molar-refractivity contribution >= 4 is 0 Å². The van der Waals surface area contributed by atoms with Crippen molar-refractivity contribution in [1.29, 1.82) is 0 Å². The van der Waals surface area contributed by atoms with E-state index in [-0.39, 0.29) is 23.1 Å². The highest BCUT2D eigenvalue weighted by molar-refractivity contribution is 5.34. The molecule has 0 unspecified atom stereocenters. The van der Waals surface area contributed by atoms with Gasteiger partial charge in [-0.2, -0.15) is 0 Å². The Bertz CT molecular complexity index is 492. The summed E-state index contributed by atoms with van der Waals surface area (Å²) in [6.07, 6.45) is 5.54. The number of allylic oxidation sites excluding steroid dienone is 1. The second kappa shape index (κ2) is 5.01. The van der Waals surface area contributed by atoms with Crippen molar-refractivity contribution in [2.75, 3.05) is 0 Å². The molecule has 0 bridgehead atoms. The summed E-state index contributed by atoms with van der Waals surface area (Å²) in [7, 11) is 0. The van der Waals surface area contributed by atoms with E-state index < -0.39 is 0 Å². The fraction of sp³-hybridized carbons (Fsp3) is 0.533. The second-order valence-corrected chi connectivity index (χ2v) is 5.58. The first-order valence-electron chi connectivity index (χ1n) is 6.57. The Balaban J connectivity index is 2.47. The summed E-state index contributed by atoms with van der Waals surface area (Å²) in [5, 5.41) is 9.99. The largest absolute Gasteiger partial charge is 0.507 e. The summed E-state index contributed by atoms with van der Waals surface area (Å²) in [4.78, 5) is 14.6. The van der Waals surface area contributed by atoms with E-state index in [2.05, 4.69) is 25.4 Å². The standard InChI is InChI=1S/C15H21NO2/c1-4-11-8-9(2)7-10(3)13(11)14-12(17)5-6-16-15(14)18/h4-6,9-11,13H,1,7-8H2,2-3H3,(H2,16,17,18)/t9-,10-,11+,13+/m0/s1. The highest BCUT2D eigenvalue weighted by atomic mass is 16.3. The fourth-order valence-corrected chi connectivity index (χ4v) is 3.45. The minimum atomic E-state index is -0.173. The van der Waals surface area contributed by atoms with Gasteiger partial charge in [0.25, 0.3) is 5.56 Å². The average Bonchev–Trinajstić information content (AvgIpc) is 2.30. The minimum Gasteiger partial charge on any atom is -0.507 e. The van der Waals surface area contributed by atoms with Crippen LogP contribution in [0.4, 0.5) is 0 Å². The Morgan fingerprint density at radius 2 is 2.17 bits per heavy atom. The molecule has 2 N–H and O–H groups in total. The van der Waals surface area contributed by atoms with Gasteiger partial charge < -0.3 is 10.1 Å². The Morgan fingerprint density at radius 1 is 1.44 bits per heavy atom. The molecule has 1 fully saturated rings. The third kappa shape index (κ3) is 2.22. The Labute approximate surface area is 108 Å². The summed E-state index contributed by atoms with van der Waals surface area (Å²) in [5.41, 5.74) is 0.357. The van der Waals surface area contributed by atoms with Crippen molar-refractivity contribution in [3.8, 4) is 5.75 Å². The molecular formula is C15H21NO2. The van der Waals surface area contributed by atoms with Gasteiger partial charge in [-0.25, -0.2) is 0 Å². The third-order valence-electron chi connectivity index (χ3n) is 4.14. The highest BCUT2D eigenvalue weighted by Gasteiger charge is 2.36. The first kappa shape index (κ1) is 12.9. The SMILES string of the molecule is C=C[C@@H]1C[C@@H](C)C[C@H](C)[C@H]1c1c(O)cc[nH]c1=O. The number of pyridine rings is 1. The summed E-state index contributed by atoms with van der Waals surface area (Å²) in [6, 6.07) is 1.56. The molecule has 1 aromatic heterocycles. The van der Waals surface area contributed by atoms with E-state index in [1.165, 1.54) is 6.20 Å². The van der Waals surface area contributed by atoms with Crippen LogP contribution in [0.1, 0.15) is 38.2 Å². The smallest absolute Gasteiger partial charge is 0.255 e. The van der Waals surface area contributed by atoms with Gasteiger partial charge in [-0.1, -0.05) is 19.9 Å². The summed E-state index contributed by atoms with van der Waals surface area (Å²) in [5.74, 6) is 1.47. The Kier molecular flexibility index (Phi) is 3.60. The van der Waals surface area contributed by atoms with Crippen molar-refractivity contribution in [3.63, 3.8) is 0 Å². The number of aromatic nitrogens is 1. The molecule has 2 rings (SSSR count). The maximum atomic E-state index is 12.0. The van der Waals surface area contributed by atoms with E-state index in [9.17, 15) is 9.90 Å². The molecule has 4 atom stereocenters. The molecule has 0 aliphatic heterocycles. The molecule has 18 heavy (non-hydrogen) atoms. The van der Waals surface area contributed by atoms with Crippen LogP contribution in [0.3, 0.4) is 0 Å². The molecular weight excluding hydrogens is 226 g/mol. The maximum absolute atomic E-state index is 12.0. The van der Waals surface area contributed by atoms with Crippen LogP contribution in [-0.2, 0) is 0 Å². The molecule has 1 aromatic rings. The van der Waals surface area contributed by atoms with Crippen LogP contribution in [0.5, 0.6) is 5.75 Å². The number of H-pyrrole nitrogens is 1. The highest BCUT2D eigenvalue weighted by Crippen LogP contribution is 2.45. The lowest BCUT2D eigenvalue weighted by Gasteiger charge is -2.38. The van der Waals surface area contributed by atoms with Crippen LogP contribution in [0, 0.1) is 17.8 Å². The summed E-state index contributed by atoms with van der Waals surface area (Å²) < 4.78 is 0. The zero-order chi connectivity index (χ0) is 13.3. The first-order chi connectivity index (χ1) is 8.54. The van der Waals surface area contributed by atoms with Gasteiger partial charge in [0.05, 0.1) is 5.56 Å². The topological polar surface area (TPSA) is 53.1 Å². The molecule has 0 radical (unpaired) electrons. The summed E-state index contributed by atoms with van der Waals surface area (Å²) >= 11 is 0. The lowest BCUT2D eigenvalue weighted by atomic mass is 9.66. The third-order valence-corrected chi connectivity index (χ3v) is 4.14. The van der Waals surface area contributed by atoms with Gasteiger partial charge in [0.15, 0.2) is 0 Å². The molecule has 1 heterocycles. The van der Waals surface area contributed by atoms with Crippen LogP contribution in [0.15, 0.2) is 29.7 Å². The summed E-state index contributed by atoms with van der Waals surface area (Å²) in [6.45, 7) is 8.28. The van der Waals surface area contributed by atoms with Gasteiger partial charge in [0, 0.05) is 12.1 Å².